The summed E-state index contributed by atoms with van der Waals surface area (Å²) in [5.74, 6) is -0.131. The molecular formula is C27H37ClN4O3. The van der Waals surface area contributed by atoms with Crippen LogP contribution in [0.25, 0.3) is 0 Å². The number of carbonyl (C=O) groups excluding carboxylic acids is 2. The van der Waals surface area contributed by atoms with Crippen molar-refractivity contribution >= 4 is 34.8 Å². The molecule has 1 aliphatic heterocycles. The quantitative estimate of drug-likeness (QED) is 0.360. The van der Waals surface area contributed by atoms with Gasteiger partial charge in [0, 0.05) is 70.2 Å². The Hall–Kier alpha value is -2.61. The fourth-order valence-electron chi connectivity index (χ4n) is 3.93. The molecule has 7 nitrogen and oxygen atoms in total. The first kappa shape index (κ1) is 27.0. The first-order valence-corrected chi connectivity index (χ1v) is 12.7. The monoisotopic (exact) mass is 500 g/mol. The number of alkyl halides is 1. The van der Waals surface area contributed by atoms with Crippen LogP contribution in [0.1, 0.15) is 36.2 Å². The third-order valence-electron chi connectivity index (χ3n) is 6.22. The minimum absolute atomic E-state index is 0.157. The van der Waals surface area contributed by atoms with E-state index in [9.17, 15) is 9.59 Å². The summed E-state index contributed by atoms with van der Waals surface area (Å²) in [6.07, 6.45) is 0.732. The number of piperazine rings is 1. The molecule has 2 amide bonds. The molecule has 0 bridgehead atoms. The second kappa shape index (κ2) is 12.9. The topological polar surface area (TPSA) is 73.9 Å². The Labute approximate surface area is 213 Å². The van der Waals surface area contributed by atoms with Gasteiger partial charge in [0.1, 0.15) is 0 Å². The van der Waals surface area contributed by atoms with E-state index in [4.69, 9.17) is 16.3 Å². The predicted molar refractivity (Wildman–Crippen MR) is 142 cm³/mol. The molecule has 1 aliphatic rings. The number of anilines is 2. The van der Waals surface area contributed by atoms with E-state index in [1.54, 1.807) is 27.0 Å². The fraction of sp³-hybridized carbons (Fsp3) is 0.481. The third-order valence-corrected chi connectivity index (χ3v) is 6.89. The highest BCUT2D eigenvalue weighted by molar-refractivity contribution is 6.20. The zero-order valence-corrected chi connectivity index (χ0v) is 21.7. The molecule has 190 valence electrons. The Morgan fingerprint density at radius 1 is 1.06 bits per heavy atom. The van der Waals surface area contributed by atoms with Crippen molar-refractivity contribution < 1.29 is 14.3 Å². The second-order valence-corrected chi connectivity index (χ2v) is 9.82. The molecule has 1 heterocycles. The van der Waals surface area contributed by atoms with Crippen LogP contribution in [0.15, 0.2) is 48.5 Å². The molecule has 8 heteroatoms. The average molecular weight is 501 g/mol. The number of rotatable bonds is 11. The number of methoxy groups -OCH3 is 1. The zero-order valence-electron chi connectivity index (χ0n) is 21.0. The maximum atomic E-state index is 13.1. The summed E-state index contributed by atoms with van der Waals surface area (Å²) < 4.78 is 5.08. The molecule has 0 unspecified atom stereocenters. The van der Waals surface area contributed by atoms with Crippen molar-refractivity contribution in [3.63, 3.8) is 0 Å². The van der Waals surface area contributed by atoms with Crippen LogP contribution in [0.2, 0.25) is 0 Å². The lowest BCUT2D eigenvalue weighted by molar-refractivity contribution is -0.122. The van der Waals surface area contributed by atoms with Crippen LogP contribution < -0.4 is 15.5 Å². The van der Waals surface area contributed by atoms with Gasteiger partial charge in [-0.3, -0.25) is 14.5 Å². The molecular weight excluding hydrogens is 464 g/mol. The van der Waals surface area contributed by atoms with Crippen molar-refractivity contribution in [2.24, 2.45) is 5.41 Å². The third kappa shape index (κ3) is 7.69. The highest BCUT2D eigenvalue weighted by Gasteiger charge is 2.27. The minimum Gasteiger partial charge on any atom is -0.385 e. The Morgan fingerprint density at radius 2 is 1.77 bits per heavy atom. The number of nitrogens with zero attached hydrogens (tertiary/aromatic N) is 2. The van der Waals surface area contributed by atoms with Crippen molar-refractivity contribution in [3.05, 3.63) is 59.7 Å². The van der Waals surface area contributed by atoms with Crippen molar-refractivity contribution in [3.8, 4) is 0 Å². The largest absolute Gasteiger partial charge is 0.385 e. The smallest absolute Gasteiger partial charge is 0.253 e. The number of halogens is 1. The van der Waals surface area contributed by atoms with Gasteiger partial charge in [0.15, 0.2) is 0 Å². The van der Waals surface area contributed by atoms with Crippen LogP contribution in [-0.4, -0.2) is 69.0 Å². The van der Waals surface area contributed by atoms with Crippen LogP contribution in [0.3, 0.4) is 0 Å². The summed E-state index contributed by atoms with van der Waals surface area (Å²) in [7, 11) is 1.64. The van der Waals surface area contributed by atoms with Crippen molar-refractivity contribution in [1.29, 1.82) is 0 Å². The maximum Gasteiger partial charge on any atom is 0.253 e. The number of carbonyl (C=O) groups is 2. The molecule has 0 aliphatic carbocycles. The number of amides is 2. The van der Waals surface area contributed by atoms with Gasteiger partial charge < -0.3 is 20.3 Å². The summed E-state index contributed by atoms with van der Waals surface area (Å²) in [5.41, 5.74) is 2.61. The van der Waals surface area contributed by atoms with Gasteiger partial charge in [-0.1, -0.05) is 30.3 Å². The lowest BCUT2D eigenvalue weighted by Gasteiger charge is -2.37. The van der Waals surface area contributed by atoms with Gasteiger partial charge in [0.2, 0.25) is 5.91 Å². The van der Waals surface area contributed by atoms with Crippen molar-refractivity contribution in [2.75, 3.05) is 62.5 Å². The number of nitrogens with one attached hydrogen (secondary N) is 2. The molecule has 1 fully saturated rings. The van der Waals surface area contributed by atoms with Crippen LogP contribution in [0, 0.1) is 5.41 Å². The summed E-state index contributed by atoms with van der Waals surface area (Å²) in [5, 5.41) is 5.91. The predicted octanol–water partition coefficient (Wildman–Crippen LogP) is 3.98. The van der Waals surface area contributed by atoms with E-state index in [2.05, 4.69) is 44.7 Å². The fourth-order valence-corrected chi connectivity index (χ4v) is 4.06. The van der Waals surface area contributed by atoms with Crippen molar-refractivity contribution in [1.82, 2.24) is 10.2 Å². The van der Waals surface area contributed by atoms with E-state index in [-0.39, 0.29) is 17.7 Å². The van der Waals surface area contributed by atoms with E-state index in [0.717, 1.165) is 44.8 Å². The molecule has 0 saturated carbocycles. The number of benzene rings is 2. The Morgan fingerprint density at radius 3 is 2.43 bits per heavy atom. The lowest BCUT2D eigenvalue weighted by Crippen LogP contribution is -2.46. The van der Waals surface area contributed by atoms with E-state index in [1.807, 2.05) is 18.2 Å². The zero-order chi connectivity index (χ0) is 25.3. The highest BCUT2D eigenvalue weighted by Crippen LogP contribution is 2.28. The summed E-state index contributed by atoms with van der Waals surface area (Å²) in [4.78, 5) is 30.5. The van der Waals surface area contributed by atoms with E-state index < -0.39 is 5.41 Å². The molecule has 2 aromatic carbocycles. The van der Waals surface area contributed by atoms with Crippen LogP contribution in [0.4, 0.5) is 11.4 Å². The Bertz CT molecular complexity index is 976. The molecule has 0 aromatic heterocycles. The Balaban J connectivity index is 1.73. The minimum atomic E-state index is -0.710. The van der Waals surface area contributed by atoms with E-state index in [1.165, 1.54) is 5.56 Å². The molecule has 2 aromatic rings. The van der Waals surface area contributed by atoms with Gasteiger partial charge in [-0.05, 0) is 44.0 Å². The maximum absolute atomic E-state index is 13.1. The second-order valence-electron chi connectivity index (χ2n) is 9.55. The van der Waals surface area contributed by atoms with E-state index >= 15 is 0 Å². The molecule has 0 radical (unpaired) electrons. The molecule has 2 N–H and O–H groups in total. The van der Waals surface area contributed by atoms with Crippen LogP contribution in [-0.2, 0) is 16.1 Å². The first-order valence-electron chi connectivity index (χ1n) is 12.1. The number of hydrogen-bond acceptors (Lipinski definition) is 5. The van der Waals surface area contributed by atoms with Gasteiger partial charge in [-0.15, -0.1) is 11.6 Å². The van der Waals surface area contributed by atoms with Crippen LogP contribution >= 0.6 is 11.6 Å². The summed E-state index contributed by atoms with van der Waals surface area (Å²) in [6.45, 7) is 9.07. The molecule has 3 rings (SSSR count). The van der Waals surface area contributed by atoms with Gasteiger partial charge in [-0.25, -0.2) is 0 Å². The van der Waals surface area contributed by atoms with Gasteiger partial charge in [-0.2, -0.15) is 0 Å². The lowest BCUT2D eigenvalue weighted by atomic mass is 9.95. The molecule has 35 heavy (non-hydrogen) atoms. The highest BCUT2D eigenvalue weighted by atomic mass is 35.5. The number of ether oxygens (including phenoxy) is 1. The summed E-state index contributed by atoms with van der Waals surface area (Å²) in [6, 6.07) is 16.0. The first-order chi connectivity index (χ1) is 16.8. The molecule has 0 atom stereocenters. The molecule has 0 spiro atoms. The van der Waals surface area contributed by atoms with Crippen molar-refractivity contribution in [2.45, 2.75) is 26.8 Å². The van der Waals surface area contributed by atoms with Gasteiger partial charge in [0.05, 0.1) is 11.0 Å². The summed E-state index contributed by atoms with van der Waals surface area (Å²) >= 11 is 5.96. The number of hydrogen-bond donors (Lipinski definition) is 2. The van der Waals surface area contributed by atoms with Crippen LogP contribution in [0.5, 0.6) is 0 Å². The Kier molecular flexibility index (Phi) is 9.95. The molecule has 1 saturated heterocycles. The standard InChI is InChI=1S/C27H37ClN4O3/c1-27(2,20-28)26(34)30-22-10-11-24(23(18-22)25(33)29-12-7-17-35-3)32-15-13-31(14-16-32)19-21-8-5-4-6-9-21/h4-6,8-11,18H,7,12-17,19-20H2,1-3H3,(H,29,33)(H,30,34). The van der Waals surface area contributed by atoms with E-state index in [0.29, 0.717) is 24.4 Å². The average Bonchev–Trinajstić information content (AvgIpc) is 2.87. The normalized spacial score (nSPS) is 14.6. The van der Waals surface area contributed by atoms with Gasteiger partial charge in [0.25, 0.3) is 5.91 Å². The SMILES string of the molecule is COCCCNC(=O)c1cc(NC(=O)C(C)(C)CCl)ccc1N1CCN(Cc2ccccc2)CC1. The van der Waals surface area contributed by atoms with Gasteiger partial charge >= 0.3 is 0 Å².